The van der Waals surface area contributed by atoms with Gasteiger partial charge in [-0.25, -0.2) is 0 Å². The second-order valence-corrected chi connectivity index (χ2v) is 6.57. The molecule has 1 aromatic carbocycles. The van der Waals surface area contributed by atoms with Crippen molar-refractivity contribution in [2.45, 2.75) is 64.0 Å². The average molecular weight is 273 g/mol. The van der Waals surface area contributed by atoms with Gasteiger partial charge in [-0.15, -0.1) is 0 Å². The van der Waals surface area contributed by atoms with Crippen molar-refractivity contribution in [3.8, 4) is 0 Å². The second kappa shape index (κ2) is 6.28. The first-order valence-corrected chi connectivity index (χ1v) is 8.22. The first-order chi connectivity index (χ1) is 9.74. The SMILES string of the molecule is CCOC1CC(CC(N)Cc2ccc3c(c2)CCC3)C1. The van der Waals surface area contributed by atoms with Gasteiger partial charge in [0.2, 0.25) is 0 Å². The summed E-state index contributed by atoms with van der Waals surface area (Å²) in [5.41, 5.74) is 10.9. The molecule has 0 aliphatic heterocycles. The van der Waals surface area contributed by atoms with Gasteiger partial charge in [0.1, 0.15) is 0 Å². The van der Waals surface area contributed by atoms with Crippen LogP contribution in [0.5, 0.6) is 0 Å². The van der Waals surface area contributed by atoms with Crippen molar-refractivity contribution in [2.75, 3.05) is 6.61 Å². The lowest BCUT2D eigenvalue weighted by Crippen LogP contribution is -2.36. The van der Waals surface area contributed by atoms with Crippen LogP contribution in [-0.4, -0.2) is 18.8 Å². The van der Waals surface area contributed by atoms with E-state index in [0.29, 0.717) is 12.1 Å². The quantitative estimate of drug-likeness (QED) is 0.863. The van der Waals surface area contributed by atoms with Crippen LogP contribution in [0.25, 0.3) is 0 Å². The second-order valence-electron chi connectivity index (χ2n) is 6.57. The van der Waals surface area contributed by atoms with Crippen LogP contribution in [0.1, 0.15) is 49.3 Å². The van der Waals surface area contributed by atoms with Crippen LogP contribution in [0.2, 0.25) is 0 Å². The Balaban J connectivity index is 1.46. The molecule has 1 unspecified atom stereocenters. The van der Waals surface area contributed by atoms with E-state index in [2.05, 4.69) is 25.1 Å². The zero-order valence-electron chi connectivity index (χ0n) is 12.6. The number of fused-ring (bicyclic) bond motifs is 1. The first-order valence-electron chi connectivity index (χ1n) is 8.22. The summed E-state index contributed by atoms with van der Waals surface area (Å²) in [6.07, 6.45) is 8.98. The van der Waals surface area contributed by atoms with Gasteiger partial charge in [-0.05, 0) is 74.5 Å². The fourth-order valence-electron chi connectivity index (χ4n) is 3.81. The molecule has 1 fully saturated rings. The minimum atomic E-state index is 0.307. The van der Waals surface area contributed by atoms with Crippen LogP contribution < -0.4 is 5.73 Å². The lowest BCUT2D eigenvalue weighted by Gasteiger charge is -2.36. The van der Waals surface area contributed by atoms with Gasteiger partial charge in [-0.1, -0.05) is 18.2 Å². The van der Waals surface area contributed by atoms with Crippen molar-refractivity contribution in [3.05, 3.63) is 34.9 Å². The Labute approximate surface area is 122 Å². The number of nitrogens with two attached hydrogens (primary N) is 1. The summed E-state index contributed by atoms with van der Waals surface area (Å²) in [4.78, 5) is 0. The molecule has 1 saturated carbocycles. The molecule has 0 saturated heterocycles. The zero-order valence-corrected chi connectivity index (χ0v) is 12.6. The van der Waals surface area contributed by atoms with Crippen LogP contribution in [0, 0.1) is 5.92 Å². The van der Waals surface area contributed by atoms with Gasteiger partial charge < -0.3 is 10.5 Å². The molecule has 0 radical (unpaired) electrons. The molecule has 2 heteroatoms. The van der Waals surface area contributed by atoms with E-state index in [9.17, 15) is 0 Å². The molecule has 0 aromatic heterocycles. The van der Waals surface area contributed by atoms with E-state index in [4.69, 9.17) is 10.5 Å². The number of rotatable bonds is 6. The lowest BCUT2D eigenvalue weighted by molar-refractivity contribution is -0.0280. The third kappa shape index (κ3) is 3.24. The fourth-order valence-corrected chi connectivity index (χ4v) is 3.81. The molecule has 0 amide bonds. The Morgan fingerprint density at radius 1 is 1.25 bits per heavy atom. The maximum Gasteiger partial charge on any atom is 0.0580 e. The highest BCUT2D eigenvalue weighted by molar-refractivity contribution is 5.35. The molecule has 1 atom stereocenters. The molecule has 2 nitrogen and oxygen atoms in total. The Morgan fingerprint density at radius 2 is 2.05 bits per heavy atom. The molecule has 0 bridgehead atoms. The summed E-state index contributed by atoms with van der Waals surface area (Å²) in [7, 11) is 0. The standard InChI is InChI=1S/C18H27NO/c1-2-20-18-11-14(12-18)10-17(19)9-13-6-7-15-4-3-5-16(15)8-13/h6-8,14,17-18H,2-5,9-12,19H2,1H3. The third-order valence-electron chi connectivity index (χ3n) is 4.89. The van der Waals surface area contributed by atoms with Crippen molar-refractivity contribution in [2.24, 2.45) is 11.7 Å². The summed E-state index contributed by atoms with van der Waals surface area (Å²) in [5, 5.41) is 0. The van der Waals surface area contributed by atoms with Crippen LogP contribution in [0.15, 0.2) is 18.2 Å². The Morgan fingerprint density at radius 3 is 2.85 bits per heavy atom. The van der Waals surface area contributed by atoms with E-state index in [1.165, 1.54) is 37.7 Å². The fraction of sp³-hybridized carbons (Fsp3) is 0.667. The number of benzene rings is 1. The van der Waals surface area contributed by atoms with Gasteiger partial charge >= 0.3 is 0 Å². The Hall–Kier alpha value is -0.860. The highest BCUT2D eigenvalue weighted by Crippen LogP contribution is 2.33. The van der Waals surface area contributed by atoms with E-state index in [-0.39, 0.29) is 0 Å². The molecular formula is C18H27NO. The molecule has 2 aliphatic carbocycles. The van der Waals surface area contributed by atoms with Gasteiger partial charge in [0, 0.05) is 12.6 Å². The molecule has 0 heterocycles. The van der Waals surface area contributed by atoms with Crippen molar-refractivity contribution >= 4 is 0 Å². The van der Waals surface area contributed by atoms with E-state index in [1.807, 2.05) is 0 Å². The zero-order chi connectivity index (χ0) is 13.9. The van der Waals surface area contributed by atoms with E-state index in [0.717, 1.165) is 25.4 Å². The number of hydrogen-bond acceptors (Lipinski definition) is 2. The van der Waals surface area contributed by atoms with Gasteiger partial charge in [0.25, 0.3) is 0 Å². The van der Waals surface area contributed by atoms with Crippen molar-refractivity contribution in [3.63, 3.8) is 0 Å². The molecule has 1 aromatic rings. The molecule has 0 spiro atoms. The van der Waals surface area contributed by atoms with Crippen LogP contribution in [-0.2, 0) is 24.0 Å². The van der Waals surface area contributed by atoms with E-state index < -0.39 is 0 Å². The first kappa shape index (κ1) is 14.1. The van der Waals surface area contributed by atoms with Crippen LogP contribution in [0.4, 0.5) is 0 Å². The minimum absolute atomic E-state index is 0.307. The number of aryl methyl sites for hydroxylation is 2. The van der Waals surface area contributed by atoms with Crippen molar-refractivity contribution in [1.82, 2.24) is 0 Å². The Bertz CT molecular complexity index is 451. The van der Waals surface area contributed by atoms with Gasteiger partial charge in [0.05, 0.1) is 6.10 Å². The van der Waals surface area contributed by atoms with Gasteiger partial charge in [-0.3, -0.25) is 0 Å². The molecule has 110 valence electrons. The number of ether oxygens (including phenoxy) is 1. The van der Waals surface area contributed by atoms with Crippen molar-refractivity contribution < 1.29 is 4.74 Å². The highest BCUT2D eigenvalue weighted by atomic mass is 16.5. The van der Waals surface area contributed by atoms with Gasteiger partial charge in [-0.2, -0.15) is 0 Å². The molecule has 2 N–H and O–H groups in total. The topological polar surface area (TPSA) is 35.2 Å². The van der Waals surface area contributed by atoms with E-state index >= 15 is 0 Å². The minimum Gasteiger partial charge on any atom is -0.378 e. The summed E-state index contributed by atoms with van der Waals surface area (Å²) >= 11 is 0. The smallest absolute Gasteiger partial charge is 0.0580 e. The van der Waals surface area contributed by atoms with Gasteiger partial charge in [0.15, 0.2) is 0 Å². The van der Waals surface area contributed by atoms with Crippen LogP contribution >= 0.6 is 0 Å². The molecular weight excluding hydrogens is 246 g/mol. The lowest BCUT2D eigenvalue weighted by atomic mass is 9.77. The Kier molecular flexibility index (Phi) is 4.42. The molecule has 3 rings (SSSR count). The van der Waals surface area contributed by atoms with Crippen molar-refractivity contribution in [1.29, 1.82) is 0 Å². The molecule has 2 aliphatic rings. The summed E-state index contributed by atoms with van der Waals surface area (Å²) in [6, 6.07) is 7.31. The van der Waals surface area contributed by atoms with Crippen LogP contribution in [0.3, 0.4) is 0 Å². The summed E-state index contributed by atoms with van der Waals surface area (Å²) < 4.78 is 5.62. The monoisotopic (exact) mass is 273 g/mol. The number of hydrogen-bond donors (Lipinski definition) is 1. The maximum absolute atomic E-state index is 6.34. The predicted octanol–water partition coefficient (Wildman–Crippen LogP) is 3.25. The largest absolute Gasteiger partial charge is 0.378 e. The third-order valence-corrected chi connectivity index (χ3v) is 4.89. The average Bonchev–Trinajstić information content (AvgIpc) is 2.83. The normalized spacial score (nSPS) is 26.1. The van der Waals surface area contributed by atoms with E-state index in [1.54, 1.807) is 11.1 Å². The highest BCUT2D eigenvalue weighted by Gasteiger charge is 2.30. The predicted molar refractivity (Wildman–Crippen MR) is 82.9 cm³/mol. The summed E-state index contributed by atoms with van der Waals surface area (Å²) in [6.45, 7) is 2.92. The summed E-state index contributed by atoms with van der Waals surface area (Å²) in [5.74, 6) is 0.788. The molecule has 20 heavy (non-hydrogen) atoms. The maximum atomic E-state index is 6.34.